The van der Waals surface area contributed by atoms with Gasteiger partial charge in [-0.05, 0) is 49.2 Å². The van der Waals surface area contributed by atoms with Crippen LogP contribution in [-0.2, 0) is 10.0 Å². The maximum absolute atomic E-state index is 13.0. The van der Waals surface area contributed by atoms with E-state index >= 15 is 0 Å². The third-order valence-corrected chi connectivity index (χ3v) is 7.73. The number of nitrogens with one attached hydrogen (secondary N) is 1. The first-order valence-electron chi connectivity index (χ1n) is 10.5. The maximum Gasteiger partial charge on any atom is 0.255 e. The van der Waals surface area contributed by atoms with Crippen molar-refractivity contribution in [2.75, 3.05) is 33.7 Å². The Kier molecular flexibility index (Phi) is 7.63. The normalized spacial score (nSPS) is 14.8. The minimum Gasteiger partial charge on any atom is -0.493 e. The number of carbonyl (C=O) groups is 1. The summed E-state index contributed by atoms with van der Waals surface area (Å²) in [5.41, 5.74) is 0.788. The van der Waals surface area contributed by atoms with Gasteiger partial charge in [0.25, 0.3) is 5.91 Å². The highest BCUT2D eigenvalue weighted by Gasteiger charge is 2.29. The highest BCUT2D eigenvalue weighted by atomic mass is 32.2. The molecule has 0 aromatic heterocycles. The summed E-state index contributed by atoms with van der Waals surface area (Å²) in [6, 6.07) is 9.32. The number of benzene rings is 2. The van der Waals surface area contributed by atoms with E-state index in [9.17, 15) is 13.2 Å². The minimum atomic E-state index is -3.59. The number of ether oxygens (including phenoxy) is 3. The molecule has 1 amide bonds. The van der Waals surface area contributed by atoms with Crippen molar-refractivity contribution in [3.05, 3.63) is 42.0 Å². The molecule has 1 N–H and O–H groups in total. The van der Waals surface area contributed by atoms with Gasteiger partial charge in [0.1, 0.15) is 0 Å². The summed E-state index contributed by atoms with van der Waals surface area (Å²) in [5.74, 6) is 0.732. The molecule has 0 radical (unpaired) electrons. The number of hydrogen-bond donors (Lipinski definition) is 1. The molecule has 174 valence electrons. The Morgan fingerprint density at radius 2 is 1.50 bits per heavy atom. The lowest BCUT2D eigenvalue weighted by Gasteiger charge is -2.30. The van der Waals surface area contributed by atoms with Gasteiger partial charge < -0.3 is 19.5 Å². The third kappa shape index (κ3) is 4.99. The number of hydrogen-bond acceptors (Lipinski definition) is 6. The molecular weight excluding hydrogens is 432 g/mol. The molecule has 9 heteroatoms. The summed E-state index contributed by atoms with van der Waals surface area (Å²) in [6.07, 6.45) is 5.04. The zero-order valence-corrected chi connectivity index (χ0v) is 19.7. The van der Waals surface area contributed by atoms with Crippen LogP contribution in [0.3, 0.4) is 0 Å². The molecule has 0 aliphatic heterocycles. The fourth-order valence-electron chi connectivity index (χ4n) is 3.93. The Balaban J connectivity index is 1.76. The Bertz CT molecular complexity index is 1020. The van der Waals surface area contributed by atoms with Crippen molar-refractivity contribution in [2.24, 2.45) is 0 Å². The molecule has 0 saturated heterocycles. The average Bonchev–Trinajstić information content (AvgIpc) is 2.83. The number of anilines is 1. The van der Waals surface area contributed by atoms with E-state index in [1.54, 1.807) is 31.3 Å². The van der Waals surface area contributed by atoms with Crippen LogP contribution in [0, 0.1) is 0 Å². The molecule has 1 aliphatic rings. The molecule has 2 aromatic rings. The Morgan fingerprint density at radius 1 is 0.938 bits per heavy atom. The first-order valence-corrected chi connectivity index (χ1v) is 11.9. The van der Waals surface area contributed by atoms with Crippen LogP contribution in [0.1, 0.15) is 42.5 Å². The highest BCUT2D eigenvalue weighted by molar-refractivity contribution is 7.89. The second kappa shape index (κ2) is 10.2. The second-order valence-corrected chi connectivity index (χ2v) is 9.70. The highest BCUT2D eigenvalue weighted by Crippen LogP contribution is 2.38. The van der Waals surface area contributed by atoms with Gasteiger partial charge in [0.05, 0.1) is 26.2 Å². The zero-order chi connectivity index (χ0) is 23.3. The van der Waals surface area contributed by atoms with Crippen molar-refractivity contribution < 1.29 is 27.4 Å². The van der Waals surface area contributed by atoms with E-state index in [4.69, 9.17) is 14.2 Å². The molecule has 1 saturated carbocycles. The van der Waals surface area contributed by atoms with Gasteiger partial charge in [0.2, 0.25) is 15.8 Å². The second-order valence-electron chi connectivity index (χ2n) is 7.71. The van der Waals surface area contributed by atoms with Gasteiger partial charge in [-0.3, -0.25) is 4.79 Å². The fourth-order valence-corrected chi connectivity index (χ4v) is 5.35. The van der Waals surface area contributed by atoms with E-state index in [1.165, 1.54) is 37.8 Å². The van der Waals surface area contributed by atoms with Gasteiger partial charge >= 0.3 is 0 Å². The van der Waals surface area contributed by atoms with E-state index in [0.717, 1.165) is 32.1 Å². The predicted molar refractivity (Wildman–Crippen MR) is 122 cm³/mol. The van der Waals surface area contributed by atoms with Crippen LogP contribution < -0.4 is 19.5 Å². The van der Waals surface area contributed by atoms with E-state index in [2.05, 4.69) is 5.32 Å². The molecule has 1 aliphatic carbocycles. The zero-order valence-electron chi connectivity index (χ0n) is 18.9. The average molecular weight is 463 g/mol. The van der Waals surface area contributed by atoms with Crippen molar-refractivity contribution in [3.63, 3.8) is 0 Å². The van der Waals surface area contributed by atoms with Crippen molar-refractivity contribution >= 4 is 21.6 Å². The number of methoxy groups -OCH3 is 3. The lowest BCUT2D eigenvalue weighted by molar-refractivity contribution is 0.102. The molecule has 8 nitrogen and oxygen atoms in total. The van der Waals surface area contributed by atoms with Crippen LogP contribution in [0.25, 0.3) is 0 Å². The monoisotopic (exact) mass is 462 g/mol. The lowest BCUT2D eigenvalue weighted by Crippen LogP contribution is -2.38. The van der Waals surface area contributed by atoms with E-state index in [0.29, 0.717) is 28.5 Å². The van der Waals surface area contributed by atoms with Crippen LogP contribution in [-0.4, -0.2) is 53.0 Å². The van der Waals surface area contributed by atoms with Crippen molar-refractivity contribution in [3.8, 4) is 17.2 Å². The number of rotatable bonds is 8. The Hall–Kier alpha value is -2.78. The molecule has 3 rings (SSSR count). The van der Waals surface area contributed by atoms with Gasteiger partial charge in [0, 0.05) is 24.3 Å². The van der Waals surface area contributed by atoms with Crippen LogP contribution in [0.2, 0.25) is 0 Å². The quantitative estimate of drug-likeness (QED) is 0.639. The first-order chi connectivity index (χ1) is 15.3. The van der Waals surface area contributed by atoms with Crippen LogP contribution >= 0.6 is 0 Å². The number of amides is 1. The Labute approximate surface area is 189 Å². The summed E-state index contributed by atoms with van der Waals surface area (Å²) in [5, 5.41) is 2.77. The van der Waals surface area contributed by atoms with Gasteiger partial charge in [-0.2, -0.15) is 4.31 Å². The fraction of sp³-hybridized carbons (Fsp3) is 0.435. The molecule has 0 heterocycles. The van der Waals surface area contributed by atoms with E-state index < -0.39 is 10.0 Å². The predicted octanol–water partition coefficient (Wildman–Crippen LogP) is 3.92. The Morgan fingerprint density at radius 3 is 2.00 bits per heavy atom. The molecular formula is C23H30N2O6S. The number of nitrogens with zero attached hydrogens (tertiary/aromatic N) is 1. The topological polar surface area (TPSA) is 94.2 Å². The smallest absolute Gasteiger partial charge is 0.255 e. The van der Waals surface area contributed by atoms with Crippen molar-refractivity contribution in [1.82, 2.24) is 4.31 Å². The van der Waals surface area contributed by atoms with Gasteiger partial charge in [0.15, 0.2) is 11.5 Å². The standard InChI is InChI=1S/C23H30N2O6S/c1-25(18-8-6-5-7-9-18)32(27,28)19-12-10-17(11-13-19)24-23(26)16-14-20(29-2)22(31-4)21(15-16)30-3/h10-15,18H,5-9H2,1-4H3,(H,24,26). The van der Waals surface area contributed by atoms with Gasteiger partial charge in [-0.15, -0.1) is 0 Å². The summed E-state index contributed by atoms with van der Waals surface area (Å²) in [6.45, 7) is 0. The summed E-state index contributed by atoms with van der Waals surface area (Å²) in [7, 11) is 2.49. The molecule has 0 spiro atoms. The first kappa shape index (κ1) is 23.9. The summed E-state index contributed by atoms with van der Waals surface area (Å²) < 4.78 is 43.3. The van der Waals surface area contributed by atoms with Gasteiger partial charge in [-0.25, -0.2) is 8.42 Å². The molecule has 32 heavy (non-hydrogen) atoms. The molecule has 2 aromatic carbocycles. The number of carbonyl (C=O) groups excluding carboxylic acids is 1. The third-order valence-electron chi connectivity index (χ3n) is 5.81. The maximum atomic E-state index is 13.0. The number of sulfonamides is 1. The minimum absolute atomic E-state index is 0.0353. The van der Waals surface area contributed by atoms with Crippen molar-refractivity contribution in [1.29, 1.82) is 0 Å². The summed E-state index contributed by atoms with van der Waals surface area (Å²) >= 11 is 0. The van der Waals surface area contributed by atoms with Gasteiger partial charge in [-0.1, -0.05) is 19.3 Å². The summed E-state index contributed by atoms with van der Waals surface area (Å²) in [4.78, 5) is 13.0. The molecule has 1 fully saturated rings. The van der Waals surface area contributed by atoms with Crippen molar-refractivity contribution in [2.45, 2.75) is 43.0 Å². The van der Waals surface area contributed by atoms with E-state index in [-0.39, 0.29) is 16.8 Å². The van der Waals surface area contributed by atoms with E-state index in [1.807, 2.05) is 0 Å². The lowest BCUT2D eigenvalue weighted by atomic mass is 9.96. The van der Waals surface area contributed by atoms with Crippen LogP contribution in [0.5, 0.6) is 17.2 Å². The van der Waals surface area contributed by atoms with Crippen LogP contribution in [0.15, 0.2) is 41.3 Å². The molecule has 0 unspecified atom stereocenters. The molecule has 0 bridgehead atoms. The SMILES string of the molecule is COc1cc(C(=O)Nc2ccc(S(=O)(=O)N(C)C3CCCCC3)cc2)cc(OC)c1OC. The molecule has 0 atom stereocenters. The van der Waals surface area contributed by atoms with Crippen LogP contribution in [0.4, 0.5) is 5.69 Å². The largest absolute Gasteiger partial charge is 0.493 e.